The summed E-state index contributed by atoms with van der Waals surface area (Å²) in [4.78, 5) is 16.9. The summed E-state index contributed by atoms with van der Waals surface area (Å²) in [5.74, 6) is 0.334. The van der Waals surface area contributed by atoms with Crippen LogP contribution in [0.4, 0.5) is 0 Å². The Labute approximate surface area is 129 Å². The molecule has 0 bridgehead atoms. The van der Waals surface area contributed by atoms with E-state index in [-0.39, 0.29) is 11.7 Å². The highest BCUT2D eigenvalue weighted by Gasteiger charge is 2.32. The lowest BCUT2D eigenvalue weighted by atomic mass is 9.72. The van der Waals surface area contributed by atoms with Crippen molar-refractivity contribution in [3.8, 4) is 0 Å². The molecule has 0 saturated heterocycles. The maximum absolute atomic E-state index is 11.4. The highest BCUT2D eigenvalue weighted by atomic mass is 79.9. The number of nitrogens with one attached hydrogen (secondary N) is 2. The number of halogens is 1. The first kappa shape index (κ1) is 12.9. The predicted octanol–water partition coefficient (Wildman–Crippen LogP) is 2.96. The molecule has 0 amide bonds. The second-order valence-electron chi connectivity index (χ2n) is 5.53. The maximum atomic E-state index is 11.4. The Morgan fingerprint density at radius 3 is 2.67 bits per heavy atom. The molecule has 0 saturated carbocycles. The molecule has 1 heterocycles. The molecule has 1 aliphatic rings. The minimum atomic E-state index is -0.198. The number of hydrogen-bond donors (Lipinski definition) is 3. The lowest BCUT2D eigenvalue weighted by Gasteiger charge is -2.35. The third-order valence-corrected chi connectivity index (χ3v) is 5.01. The van der Waals surface area contributed by atoms with Gasteiger partial charge in [0, 0.05) is 16.4 Å². The normalized spacial score (nSPS) is 18.3. The summed E-state index contributed by atoms with van der Waals surface area (Å²) in [6.45, 7) is 0. The number of benzene rings is 2. The number of nitrogens with two attached hydrogens (primary N) is 1. The molecular weight excluding hydrogens is 330 g/mol. The van der Waals surface area contributed by atoms with Gasteiger partial charge in [0.05, 0.1) is 11.0 Å². The maximum Gasteiger partial charge on any atom is 0.323 e. The van der Waals surface area contributed by atoms with E-state index in [2.05, 4.69) is 50.2 Å². The molecule has 2 atom stereocenters. The van der Waals surface area contributed by atoms with Crippen molar-refractivity contribution in [3.63, 3.8) is 0 Å². The van der Waals surface area contributed by atoms with Gasteiger partial charge in [-0.3, -0.25) is 0 Å². The zero-order valence-electron chi connectivity index (χ0n) is 11.2. The van der Waals surface area contributed by atoms with Crippen LogP contribution in [0.25, 0.3) is 11.0 Å². The molecule has 1 aliphatic carbocycles. The Morgan fingerprint density at radius 2 is 1.90 bits per heavy atom. The topological polar surface area (TPSA) is 74.7 Å². The van der Waals surface area contributed by atoms with E-state index < -0.39 is 0 Å². The average Bonchev–Trinajstić information content (AvgIpc) is 2.78. The Morgan fingerprint density at radius 1 is 1.19 bits per heavy atom. The fourth-order valence-electron chi connectivity index (χ4n) is 3.16. The first-order valence-corrected chi connectivity index (χ1v) is 7.67. The fraction of sp³-hybridized carbons (Fsp3) is 0.188. The van der Waals surface area contributed by atoms with Crippen LogP contribution in [-0.4, -0.2) is 9.97 Å². The van der Waals surface area contributed by atoms with Crippen LogP contribution in [0.15, 0.2) is 45.7 Å². The first-order valence-electron chi connectivity index (χ1n) is 6.88. The van der Waals surface area contributed by atoms with E-state index in [0.29, 0.717) is 5.92 Å². The molecule has 2 unspecified atom stereocenters. The summed E-state index contributed by atoms with van der Waals surface area (Å²) in [5, 5.41) is 0. The summed E-state index contributed by atoms with van der Waals surface area (Å²) in [7, 11) is 0. The van der Waals surface area contributed by atoms with Gasteiger partial charge in [-0.15, -0.1) is 0 Å². The van der Waals surface area contributed by atoms with Crippen molar-refractivity contribution in [3.05, 3.63) is 68.0 Å². The van der Waals surface area contributed by atoms with Gasteiger partial charge in [0.2, 0.25) is 0 Å². The molecule has 0 fully saturated rings. The lowest BCUT2D eigenvalue weighted by molar-refractivity contribution is 0.499. The van der Waals surface area contributed by atoms with Crippen LogP contribution in [-0.2, 0) is 6.42 Å². The Kier molecular flexibility index (Phi) is 2.80. The van der Waals surface area contributed by atoms with Crippen molar-refractivity contribution >= 4 is 27.0 Å². The molecule has 106 valence electrons. The number of aromatic nitrogens is 2. The molecule has 0 aliphatic heterocycles. The van der Waals surface area contributed by atoms with Crippen LogP contribution in [0, 0.1) is 0 Å². The van der Waals surface area contributed by atoms with Crippen LogP contribution in [0.1, 0.15) is 28.7 Å². The number of H-pyrrole nitrogens is 2. The van der Waals surface area contributed by atoms with Crippen LogP contribution < -0.4 is 11.4 Å². The van der Waals surface area contributed by atoms with Crippen molar-refractivity contribution in [2.75, 3.05) is 0 Å². The molecule has 4 N–H and O–H groups in total. The number of fused-ring (bicyclic) bond motifs is 2. The van der Waals surface area contributed by atoms with Crippen molar-refractivity contribution in [1.82, 2.24) is 9.97 Å². The van der Waals surface area contributed by atoms with E-state index in [1.807, 2.05) is 12.1 Å². The Hall–Kier alpha value is -1.85. The predicted molar refractivity (Wildman–Crippen MR) is 86.4 cm³/mol. The SMILES string of the molecule is NC(c1cc2[nH]c(=O)[nH]c2cc1Br)C1Cc2ccccc21. The Balaban J connectivity index is 1.76. The van der Waals surface area contributed by atoms with Gasteiger partial charge in [-0.2, -0.15) is 0 Å². The first-order chi connectivity index (χ1) is 10.1. The van der Waals surface area contributed by atoms with Crippen LogP contribution >= 0.6 is 15.9 Å². The van der Waals surface area contributed by atoms with E-state index in [1.165, 1.54) is 11.1 Å². The molecule has 4 nitrogen and oxygen atoms in total. The van der Waals surface area contributed by atoms with Crippen LogP contribution in [0.2, 0.25) is 0 Å². The van der Waals surface area contributed by atoms with E-state index in [4.69, 9.17) is 5.73 Å². The quantitative estimate of drug-likeness (QED) is 0.669. The summed E-state index contributed by atoms with van der Waals surface area (Å²) in [6, 6.07) is 12.2. The fourth-order valence-corrected chi connectivity index (χ4v) is 3.77. The van der Waals surface area contributed by atoms with Gasteiger partial charge in [-0.25, -0.2) is 4.79 Å². The van der Waals surface area contributed by atoms with Crippen molar-refractivity contribution in [1.29, 1.82) is 0 Å². The van der Waals surface area contributed by atoms with Gasteiger partial charge in [0.15, 0.2) is 0 Å². The van der Waals surface area contributed by atoms with Crippen molar-refractivity contribution in [2.45, 2.75) is 18.4 Å². The highest BCUT2D eigenvalue weighted by Crippen LogP contribution is 2.44. The van der Waals surface area contributed by atoms with E-state index in [1.54, 1.807) is 0 Å². The number of rotatable bonds is 2. The molecule has 3 aromatic rings. The molecule has 0 spiro atoms. The molecular formula is C16H14BrN3O. The molecule has 4 rings (SSSR count). The van der Waals surface area contributed by atoms with Crippen LogP contribution in [0.5, 0.6) is 0 Å². The molecule has 0 radical (unpaired) electrons. The monoisotopic (exact) mass is 343 g/mol. The van der Waals surface area contributed by atoms with Crippen molar-refractivity contribution < 1.29 is 0 Å². The number of imidazole rings is 1. The van der Waals surface area contributed by atoms with Gasteiger partial charge >= 0.3 is 5.69 Å². The van der Waals surface area contributed by atoms with E-state index in [9.17, 15) is 4.79 Å². The zero-order chi connectivity index (χ0) is 14.6. The minimum absolute atomic E-state index is 0.0860. The van der Waals surface area contributed by atoms with Gasteiger partial charge in [-0.1, -0.05) is 40.2 Å². The van der Waals surface area contributed by atoms with Gasteiger partial charge in [0.25, 0.3) is 0 Å². The molecule has 21 heavy (non-hydrogen) atoms. The summed E-state index contributed by atoms with van der Waals surface area (Å²) < 4.78 is 0.933. The second kappa shape index (κ2) is 4.58. The van der Waals surface area contributed by atoms with Gasteiger partial charge in [0.1, 0.15) is 0 Å². The lowest BCUT2D eigenvalue weighted by Crippen LogP contribution is -2.29. The summed E-state index contributed by atoms with van der Waals surface area (Å²) in [6.07, 6.45) is 1.01. The third-order valence-electron chi connectivity index (χ3n) is 4.32. The molecule has 5 heteroatoms. The van der Waals surface area contributed by atoms with Gasteiger partial charge < -0.3 is 15.7 Å². The molecule has 1 aromatic heterocycles. The number of hydrogen-bond acceptors (Lipinski definition) is 2. The van der Waals surface area contributed by atoms with Gasteiger partial charge in [-0.05, 0) is 35.2 Å². The summed E-state index contributed by atoms with van der Waals surface area (Å²) in [5.41, 5.74) is 11.6. The largest absolute Gasteiger partial charge is 0.323 e. The average molecular weight is 344 g/mol. The molecule has 2 aromatic carbocycles. The van der Waals surface area contributed by atoms with E-state index in [0.717, 1.165) is 27.5 Å². The zero-order valence-corrected chi connectivity index (χ0v) is 12.8. The summed E-state index contributed by atoms with van der Waals surface area (Å²) >= 11 is 3.57. The van der Waals surface area contributed by atoms with Crippen molar-refractivity contribution in [2.24, 2.45) is 5.73 Å². The smallest absolute Gasteiger partial charge is 0.323 e. The standard InChI is InChI=1S/C16H14BrN3O/c17-12-7-14-13(19-16(21)20-14)6-11(12)15(18)10-5-8-3-1-2-4-9(8)10/h1-4,6-7,10,15H,5,18H2,(H2,19,20,21). The Bertz CT molecular complexity index is 896. The third kappa shape index (κ3) is 1.96. The van der Waals surface area contributed by atoms with E-state index >= 15 is 0 Å². The minimum Gasteiger partial charge on any atom is -0.323 e. The van der Waals surface area contributed by atoms with Crippen LogP contribution in [0.3, 0.4) is 0 Å². The number of aromatic amines is 2. The second-order valence-corrected chi connectivity index (χ2v) is 6.39. The highest BCUT2D eigenvalue weighted by molar-refractivity contribution is 9.10.